The van der Waals surface area contributed by atoms with Gasteiger partial charge in [-0.2, -0.15) is 0 Å². The third-order valence-electron chi connectivity index (χ3n) is 2.60. The predicted molar refractivity (Wildman–Crippen MR) is 75.5 cm³/mol. The Kier molecular flexibility index (Phi) is 6.69. The maximum absolute atomic E-state index is 11.7. The van der Waals surface area contributed by atoms with Crippen molar-refractivity contribution in [1.82, 2.24) is 5.32 Å². The van der Waals surface area contributed by atoms with Crippen molar-refractivity contribution < 1.29 is 19.4 Å². The minimum Gasteiger partial charge on any atom is -0.394 e. The summed E-state index contributed by atoms with van der Waals surface area (Å²) in [6.07, 6.45) is 0. The van der Waals surface area contributed by atoms with Gasteiger partial charge in [-0.3, -0.25) is 9.59 Å². The Morgan fingerprint density at radius 2 is 1.95 bits per heavy atom. The first-order valence-electron chi connectivity index (χ1n) is 6.39. The molecule has 1 aromatic carbocycles. The topological polar surface area (TPSA) is 87.7 Å². The molecule has 0 unspecified atom stereocenters. The molecule has 0 aliphatic carbocycles. The second-order valence-electron chi connectivity index (χ2n) is 4.36. The first-order valence-corrected chi connectivity index (χ1v) is 6.39. The molecule has 0 heterocycles. The Balaban J connectivity index is 2.39. The van der Waals surface area contributed by atoms with E-state index < -0.39 is 11.8 Å². The molecule has 0 aliphatic heterocycles. The molecule has 0 saturated heterocycles. The maximum atomic E-state index is 11.7. The van der Waals surface area contributed by atoms with Crippen LogP contribution in [0.15, 0.2) is 18.2 Å². The van der Waals surface area contributed by atoms with Crippen LogP contribution >= 0.6 is 0 Å². The van der Waals surface area contributed by atoms with Crippen molar-refractivity contribution in [2.24, 2.45) is 0 Å². The van der Waals surface area contributed by atoms with E-state index in [1.807, 2.05) is 26.0 Å². The summed E-state index contributed by atoms with van der Waals surface area (Å²) >= 11 is 0. The van der Waals surface area contributed by atoms with E-state index in [0.717, 1.165) is 11.1 Å². The van der Waals surface area contributed by atoms with Crippen molar-refractivity contribution in [3.8, 4) is 0 Å². The smallest absolute Gasteiger partial charge is 0.313 e. The molecule has 0 radical (unpaired) electrons. The number of aliphatic hydroxyl groups excluding tert-OH is 1. The van der Waals surface area contributed by atoms with E-state index in [9.17, 15) is 9.59 Å². The molecule has 0 bridgehead atoms. The molecule has 20 heavy (non-hydrogen) atoms. The summed E-state index contributed by atoms with van der Waals surface area (Å²) in [4.78, 5) is 23.2. The van der Waals surface area contributed by atoms with Crippen LogP contribution in [0.25, 0.3) is 0 Å². The normalized spacial score (nSPS) is 10.2. The van der Waals surface area contributed by atoms with Gasteiger partial charge in [-0.15, -0.1) is 0 Å². The minimum absolute atomic E-state index is 0.0683. The van der Waals surface area contributed by atoms with Gasteiger partial charge in [0.05, 0.1) is 19.8 Å². The Morgan fingerprint density at radius 3 is 2.60 bits per heavy atom. The molecule has 0 fully saturated rings. The molecule has 0 aromatic heterocycles. The highest BCUT2D eigenvalue weighted by atomic mass is 16.5. The summed E-state index contributed by atoms with van der Waals surface area (Å²) in [5.74, 6) is -1.42. The van der Waals surface area contributed by atoms with Gasteiger partial charge < -0.3 is 20.5 Å². The van der Waals surface area contributed by atoms with E-state index in [1.165, 1.54) is 0 Å². The van der Waals surface area contributed by atoms with Gasteiger partial charge in [0.15, 0.2) is 0 Å². The van der Waals surface area contributed by atoms with Crippen LogP contribution < -0.4 is 10.6 Å². The lowest BCUT2D eigenvalue weighted by Gasteiger charge is -2.09. The quantitative estimate of drug-likeness (QED) is 0.519. The fourth-order valence-electron chi connectivity index (χ4n) is 1.62. The number of benzene rings is 1. The molecule has 6 nitrogen and oxygen atoms in total. The molecule has 2 amide bonds. The largest absolute Gasteiger partial charge is 0.394 e. The van der Waals surface area contributed by atoms with Gasteiger partial charge in [-0.1, -0.05) is 17.7 Å². The molecule has 6 heteroatoms. The summed E-state index contributed by atoms with van der Waals surface area (Å²) in [6, 6.07) is 5.56. The number of carbonyl (C=O) groups excluding carboxylic acids is 2. The van der Waals surface area contributed by atoms with E-state index in [4.69, 9.17) is 9.84 Å². The van der Waals surface area contributed by atoms with Crippen molar-refractivity contribution in [3.63, 3.8) is 0 Å². The molecule has 1 rings (SSSR count). The van der Waals surface area contributed by atoms with Gasteiger partial charge in [0, 0.05) is 12.2 Å². The Morgan fingerprint density at radius 1 is 1.20 bits per heavy atom. The minimum atomic E-state index is -0.711. The Bertz CT molecular complexity index is 474. The predicted octanol–water partition coefficient (Wildman–Crippen LogP) is 0.367. The molecule has 110 valence electrons. The Hall–Kier alpha value is -1.92. The van der Waals surface area contributed by atoms with Crippen LogP contribution in [0.4, 0.5) is 5.69 Å². The third kappa shape index (κ3) is 5.38. The zero-order valence-electron chi connectivity index (χ0n) is 11.7. The zero-order valence-corrected chi connectivity index (χ0v) is 11.7. The van der Waals surface area contributed by atoms with Gasteiger partial charge in [-0.25, -0.2) is 0 Å². The van der Waals surface area contributed by atoms with Crippen LogP contribution in [0.3, 0.4) is 0 Å². The lowest BCUT2D eigenvalue weighted by molar-refractivity contribution is -0.136. The van der Waals surface area contributed by atoms with Crippen molar-refractivity contribution in [3.05, 3.63) is 29.3 Å². The fourth-order valence-corrected chi connectivity index (χ4v) is 1.62. The summed E-state index contributed by atoms with van der Waals surface area (Å²) < 4.78 is 4.97. The number of ether oxygens (including phenoxy) is 1. The zero-order chi connectivity index (χ0) is 15.0. The number of aryl methyl sites for hydroxylation is 2. The standard InChI is InChI=1S/C14H20N2O4/c1-10-3-4-12(11(2)9-10)16-14(19)13(18)15-5-7-20-8-6-17/h3-4,9,17H,5-8H2,1-2H3,(H,15,18)(H,16,19). The summed E-state index contributed by atoms with van der Waals surface area (Å²) in [5.41, 5.74) is 2.61. The molecule has 0 atom stereocenters. The molecular formula is C14H20N2O4. The molecule has 0 spiro atoms. The number of aliphatic hydroxyl groups is 1. The molecule has 1 aromatic rings. The number of amides is 2. The number of hydrogen-bond acceptors (Lipinski definition) is 4. The van der Waals surface area contributed by atoms with Gasteiger partial charge in [0.1, 0.15) is 0 Å². The lowest BCUT2D eigenvalue weighted by atomic mass is 10.1. The lowest BCUT2D eigenvalue weighted by Crippen LogP contribution is -2.37. The van der Waals surface area contributed by atoms with E-state index in [2.05, 4.69) is 10.6 Å². The van der Waals surface area contributed by atoms with E-state index >= 15 is 0 Å². The van der Waals surface area contributed by atoms with Gasteiger partial charge >= 0.3 is 11.8 Å². The number of carbonyl (C=O) groups is 2. The highest BCUT2D eigenvalue weighted by Gasteiger charge is 2.13. The number of nitrogens with one attached hydrogen (secondary N) is 2. The molecule has 0 saturated carbocycles. The van der Waals surface area contributed by atoms with E-state index in [1.54, 1.807) is 6.07 Å². The van der Waals surface area contributed by atoms with Crippen LogP contribution in [0.1, 0.15) is 11.1 Å². The second-order valence-corrected chi connectivity index (χ2v) is 4.36. The first kappa shape index (κ1) is 16.1. The highest BCUT2D eigenvalue weighted by molar-refractivity contribution is 6.39. The monoisotopic (exact) mass is 280 g/mol. The molecular weight excluding hydrogens is 260 g/mol. The van der Waals surface area contributed by atoms with Crippen molar-refractivity contribution in [2.75, 3.05) is 31.7 Å². The van der Waals surface area contributed by atoms with Crippen LogP contribution in [0.2, 0.25) is 0 Å². The third-order valence-corrected chi connectivity index (χ3v) is 2.60. The average Bonchev–Trinajstić information content (AvgIpc) is 2.41. The number of rotatable bonds is 6. The SMILES string of the molecule is Cc1ccc(NC(=O)C(=O)NCCOCCO)c(C)c1. The summed E-state index contributed by atoms with van der Waals surface area (Å²) in [6.45, 7) is 4.44. The van der Waals surface area contributed by atoms with Crippen molar-refractivity contribution in [2.45, 2.75) is 13.8 Å². The van der Waals surface area contributed by atoms with Crippen LogP contribution in [-0.2, 0) is 14.3 Å². The Labute approximate surface area is 118 Å². The highest BCUT2D eigenvalue weighted by Crippen LogP contribution is 2.15. The first-order chi connectivity index (χ1) is 9.54. The average molecular weight is 280 g/mol. The number of hydrogen-bond donors (Lipinski definition) is 3. The van der Waals surface area contributed by atoms with Crippen LogP contribution in [-0.4, -0.2) is 43.3 Å². The fraction of sp³-hybridized carbons (Fsp3) is 0.429. The van der Waals surface area contributed by atoms with Gasteiger partial charge in [0.25, 0.3) is 0 Å². The second kappa shape index (κ2) is 8.29. The maximum Gasteiger partial charge on any atom is 0.313 e. The van der Waals surface area contributed by atoms with Crippen LogP contribution in [0.5, 0.6) is 0 Å². The van der Waals surface area contributed by atoms with Crippen molar-refractivity contribution in [1.29, 1.82) is 0 Å². The van der Waals surface area contributed by atoms with Crippen molar-refractivity contribution >= 4 is 17.5 Å². The molecule has 3 N–H and O–H groups in total. The summed E-state index contributed by atoms with van der Waals surface area (Å²) in [7, 11) is 0. The molecule has 0 aliphatic rings. The summed E-state index contributed by atoms with van der Waals surface area (Å²) in [5, 5.41) is 13.5. The van der Waals surface area contributed by atoms with Crippen LogP contribution in [0, 0.1) is 13.8 Å². The van der Waals surface area contributed by atoms with Gasteiger partial charge in [-0.05, 0) is 25.5 Å². The van der Waals surface area contributed by atoms with E-state index in [0.29, 0.717) is 5.69 Å². The van der Waals surface area contributed by atoms with E-state index in [-0.39, 0.29) is 26.4 Å². The number of anilines is 1. The van der Waals surface area contributed by atoms with Gasteiger partial charge in [0.2, 0.25) is 0 Å².